The van der Waals surface area contributed by atoms with E-state index in [1.807, 2.05) is 13.0 Å². The normalized spacial score (nSPS) is 13.1. The van der Waals surface area contributed by atoms with Crippen LogP contribution in [0.25, 0.3) is 10.2 Å². The van der Waals surface area contributed by atoms with E-state index in [1.54, 1.807) is 6.07 Å². The Balaban J connectivity index is 2.38. The topological polar surface area (TPSA) is 56.0 Å². The number of fused-ring (bicyclic) bond motifs is 1. The third-order valence-corrected chi connectivity index (χ3v) is 4.33. The van der Waals surface area contributed by atoms with E-state index in [9.17, 15) is 10.1 Å². The third kappa shape index (κ3) is 3.46. The predicted molar refractivity (Wildman–Crippen MR) is 83.8 cm³/mol. The minimum Gasteiger partial charge on any atom is -0.258 e. The highest BCUT2D eigenvalue weighted by molar-refractivity contribution is 7.18. The zero-order chi connectivity index (χ0) is 14.9. The molecule has 0 N–H and O–H groups in total. The van der Waals surface area contributed by atoms with Gasteiger partial charge in [-0.3, -0.25) is 10.1 Å². The Morgan fingerprint density at radius 1 is 1.45 bits per heavy atom. The minimum absolute atomic E-state index is 0.0918. The second-order valence-corrected chi connectivity index (χ2v) is 7.22. The number of halogens is 1. The van der Waals surface area contributed by atoms with Gasteiger partial charge in [-0.1, -0.05) is 13.8 Å². The molecule has 0 spiro atoms. The Bertz CT molecular complexity index is 639. The van der Waals surface area contributed by atoms with E-state index in [0.717, 1.165) is 21.6 Å². The van der Waals surface area contributed by atoms with Crippen LogP contribution < -0.4 is 0 Å². The summed E-state index contributed by atoms with van der Waals surface area (Å²) in [4.78, 5) is 15.3. The summed E-state index contributed by atoms with van der Waals surface area (Å²) >= 11 is 7.78. The molecule has 0 radical (unpaired) electrons. The molecular weight excluding hydrogens is 296 g/mol. The number of benzene rings is 1. The lowest BCUT2D eigenvalue weighted by atomic mass is 10.0. The van der Waals surface area contributed by atoms with Crippen molar-refractivity contribution in [2.45, 2.75) is 39.0 Å². The summed E-state index contributed by atoms with van der Waals surface area (Å²) in [5.41, 5.74) is 1.64. The van der Waals surface area contributed by atoms with Crippen LogP contribution >= 0.6 is 22.9 Å². The largest absolute Gasteiger partial charge is 0.274 e. The quantitative estimate of drug-likeness (QED) is 0.456. The standard InChI is InChI=1S/C14H17ClN2O2S/c1-8(2)4-11(15)5-10-6-12-14(20-9(3)16-12)7-13(10)17(18)19/h6-8,11H,4-5H2,1-3H3. The van der Waals surface area contributed by atoms with Crippen LogP contribution in [-0.4, -0.2) is 15.3 Å². The maximum Gasteiger partial charge on any atom is 0.274 e. The van der Waals surface area contributed by atoms with E-state index < -0.39 is 0 Å². The molecule has 0 saturated carbocycles. The van der Waals surface area contributed by atoms with Crippen molar-refractivity contribution in [2.24, 2.45) is 5.92 Å². The summed E-state index contributed by atoms with van der Waals surface area (Å²) in [5, 5.41) is 12.0. The van der Waals surface area contributed by atoms with Gasteiger partial charge in [0.15, 0.2) is 0 Å². The van der Waals surface area contributed by atoms with Crippen molar-refractivity contribution in [1.82, 2.24) is 4.98 Å². The first kappa shape index (κ1) is 15.2. The van der Waals surface area contributed by atoms with Crippen molar-refractivity contribution in [3.05, 3.63) is 32.8 Å². The monoisotopic (exact) mass is 312 g/mol. The lowest BCUT2D eigenvalue weighted by molar-refractivity contribution is -0.385. The summed E-state index contributed by atoms with van der Waals surface area (Å²) < 4.78 is 0.855. The van der Waals surface area contributed by atoms with Gasteiger partial charge in [-0.25, -0.2) is 4.98 Å². The number of nitro benzene ring substituents is 1. The van der Waals surface area contributed by atoms with E-state index in [2.05, 4.69) is 18.8 Å². The third-order valence-electron chi connectivity index (χ3n) is 3.06. The number of nitro groups is 1. The molecule has 0 fully saturated rings. The van der Waals surface area contributed by atoms with Crippen LogP contribution in [0.4, 0.5) is 5.69 Å². The molecule has 1 heterocycles. The molecule has 1 aromatic carbocycles. The lowest BCUT2D eigenvalue weighted by Crippen LogP contribution is -2.08. The van der Waals surface area contributed by atoms with Crippen LogP contribution in [0.5, 0.6) is 0 Å². The van der Waals surface area contributed by atoms with Crippen LogP contribution in [0.3, 0.4) is 0 Å². The molecular formula is C14H17ClN2O2S. The smallest absolute Gasteiger partial charge is 0.258 e. The number of aryl methyl sites for hydroxylation is 1. The molecule has 0 aliphatic rings. The maximum absolute atomic E-state index is 11.2. The highest BCUT2D eigenvalue weighted by Crippen LogP contribution is 2.31. The van der Waals surface area contributed by atoms with Gasteiger partial charge in [-0.05, 0) is 31.7 Å². The van der Waals surface area contributed by atoms with Gasteiger partial charge in [-0.15, -0.1) is 22.9 Å². The van der Waals surface area contributed by atoms with Gasteiger partial charge in [0.05, 0.1) is 20.1 Å². The molecule has 6 heteroatoms. The van der Waals surface area contributed by atoms with Crippen molar-refractivity contribution >= 4 is 38.8 Å². The first-order valence-corrected chi connectivity index (χ1v) is 7.80. The Morgan fingerprint density at radius 3 is 2.75 bits per heavy atom. The van der Waals surface area contributed by atoms with Gasteiger partial charge in [0.1, 0.15) is 0 Å². The van der Waals surface area contributed by atoms with Crippen molar-refractivity contribution in [3.8, 4) is 0 Å². The molecule has 2 aromatic rings. The van der Waals surface area contributed by atoms with Crippen molar-refractivity contribution in [3.63, 3.8) is 0 Å². The molecule has 0 aliphatic heterocycles. The van der Waals surface area contributed by atoms with Gasteiger partial charge >= 0.3 is 0 Å². The number of alkyl halides is 1. The summed E-state index contributed by atoms with van der Waals surface area (Å²) in [6.45, 7) is 6.09. The molecule has 0 aliphatic carbocycles. The fourth-order valence-electron chi connectivity index (χ4n) is 2.29. The fraction of sp³-hybridized carbons (Fsp3) is 0.500. The average Bonchev–Trinajstić information content (AvgIpc) is 2.65. The zero-order valence-corrected chi connectivity index (χ0v) is 13.3. The minimum atomic E-state index is -0.331. The summed E-state index contributed by atoms with van der Waals surface area (Å²) in [7, 11) is 0. The maximum atomic E-state index is 11.2. The Morgan fingerprint density at radius 2 is 2.15 bits per heavy atom. The molecule has 20 heavy (non-hydrogen) atoms. The van der Waals surface area contributed by atoms with Crippen LogP contribution in [0.1, 0.15) is 30.8 Å². The molecule has 2 rings (SSSR count). The number of hydrogen-bond acceptors (Lipinski definition) is 4. The van der Waals surface area contributed by atoms with Gasteiger partial charge in [0, 0.05) is 17.0 Å². The van der Waals surface area contributed by atoms with Crippen LogP contribution in [0, 0.1) is 23.0 Å². The number of hydrogen-bond donors (Lipinski definition) is 0. The van der Waals surface area contributed by atoms with Crippen molar-refractivity contribution in [1.29, 1.82) is 0 Å². The molecule has 0 saturated heterocycles. The highest BCUT2D eigenvalue weighted by atomic mass is 35.5. The van der Waals surface area contributed by atoms with Gasteiger partial charge in [0.2, 0.25) is 0 Å². The van der Waals surface area contributed by atoms with Crippen molar-refractivity contribution in [2.75, 3.05) is 0 Å². The summed E-state index contributed by atoms with van der Waals surface area (Å²) in [6, 6.07) is 3.43. The second kappa shape index (κ2) is 6.06. The molecule has 108 valence electrons. The molecule has 1 unspecified atom stereocenters. The van der Waals surface area contributed by atoms with E-state index in [1.165, 1.54) is 11.3 Å². The Hall–Kier alpha value is -1.20. The lowest BCUT2D eigenvalue weighted by Gasteiger charge is -2.12. The average molecular weight is 313 g/mol. The van der Waals surface area contributed by atoms with Gasteiger partial charge < -0.3 is 0 Å². The number of aromatic nitrogens is 1. The SMILES string of the molecule is Cc1nc2cc(CC(Cl)CC(C)C)c([N+](=O)[O-])cc2s1. The molecule has 4 nitrogen and oxygen atoms in total. The number of nitrogens with zero attached hydrogens (tertiary/aromatic N) is 2. The van der Waals surface area contributed by atoms with Gasteiger partial charge in [-0.2, -0.15) is 0 Å². The van der Waals surface area contributed by atoms with Crippen LogP contribution in [0.15, 0.2) is 12.1 Å². The number of thiazole rings is 1. The summed E-state index contributed by atoms with van der Waals surface area (Å²) in [5.74, 6) is 0.474. The predicted octanol–water partition coefficient (Wildman–Crippen LogP) is 4.71. The first-order valence-electron chi connectivity index (χ1n) is 6.55. The van der Waals surface area contributed by atoms with Gasteiger partial charge in [0.25, 0.3) is 5.69 Å². The molecule has 0 amide bonds. The Kier molecular flexibility index (Phi) is 4.60. The Labute approximate surface area is 126 Å². The molecule has 1 aromatic heterocycles. The van der Waals surface area contributed by atoms with Crippen LogP contribution in [0.2, 0.25) is 0 Å². The summed E-state index contributed by atoms with van der Waals surface area (Å²) in [6.07, 6.45) is 1.34. The molecule has 0 bridgehead atoms. The fourth-order valence-corrected chi connectivity index (χ4v) is 3.65. The van der Waals surface area contributed by atoms with E-state index in [4.69, 9.17) is 11.6 Å². The number of rotatable bonds is 5. The van der Waals surface area contributed by atoms with Crippen molar-refractivity contribution < 1.29 is 4.92 Å². The molecule has 1 atom stereocenters. The van der Waals surface area contributed by atoms with E-state index in [-0.39, 0.29) is 16.0 Å². The highest BCUT2D eigenvalue weighted by Gasteiger charge is 2.20. The van der Waals surface area contributed by atoms with E-state index in [0.29, 0.717) is 17.9 Å². The van der Waals surface area contributed by atoms with E-state index >= 15 is 0 Å². The first-order chi connectivity index (χ1) is 9.36. The second-order valence-electron chi connectivity index (χ2n) is 5.37. The van der Waals surface area contributed by atoms with Crippen LogP contribution in [-0.2, 0) is 6.42 Å². The zero-order valence-electron chi connectivity index (χ0n) is 11.7.